The van der Waals surface area contributed by atoms with Crippen LogP contribution in [0.1, 0.15) is 34.4 Å². The van der Waals surface area contributed by atoms with Crippen LogP contribution >= 0.6 is 0 Å². The lowest BCUT2D eigenvalue weighted by molar-refractivity contribution is 0.0994. The lowest BCUT2D eigenvalue weighted by Crippen LogP contribution is -2.12. The Morgan fingerprint density at radius 2 is 2.22 bits per heavy atom. The minimum atomic E-state index is -0.236. The van der Waals surface area contributed by atoms with Crippen molar-refractivity contribution in [2.24, 2.45) is 0 Å². The van der Waals surface area contributed by atoms with Crippen LogP contribution in [0.2, 0.25) is 0 Å². The third kappa shape index (κ3) is 3.48. The predicted molar refractivity (Wildman–Crippen MR) is 86.3 cm³/mol. The van der Waals surface area contributed by atoms with Crippen molar-refractivity contribution in [3.8, 4) is 0 Å². The number of nitrogens with one attached hydrogen (secondary N) is 1. The van der Waals surface area contributed by atoms with E-state index in [1.807, 2.05) is 44.2 Å². The zero-order chi connectivity index (χ0) is 16.2. The molecule has 0 spiro atoms. The molecule has 118 valence electrons. The van der Waals surface area contributed by atoms with E-state index in [1.54, 1.807) is 11.0 Å². The molecule has 0 radical (unpaired) electrons. The molecule has 0 unspecified atom stereocenters. The molecule has 0 saturated carbocycles. The maximum atomic E-state index is 12.4. The molecular formula is C17H18N4O2. The standard InChI is InChI=1S/C17H18N4O2/c1-3-15-7-12(2)16(23-15)17(22)20-14-6-4-5-13(8-14)9-21-11-18-10-19-21/h4-8,10-11H,3,9H2,1-2H3,(H,20,22). The first-order valence-corrected chi connectivity index (χ1v) is 7.47. The van der Waals surface area contributed by atoms with Crippen molar-refractivity contribution in [1.29, 1.82) is 0 Å². The van der Waals surface area contributed by atoms with Crippen molar-refractivity contribution in [1.82, 2.24) is 14.8 Å². The number of carbonyl (C=O) groups excluding carboxylic acids is 1. The summed E-state index contributed by atoms with van der Waals surface area (Å²) in [6, 6.07) is 9.54. The van der Waals surface area contributed by atoms with Gasteiger partial charge >= 0.3 is 0 Å². The molecule has 0 aliphatic rings. The molecular weight excluding hydrogens is 292 g/mol. The summed E-state index contributed by atoms with van der Waals surface area (Å²) in [6.07, 6.45) is 3.92. The molecule has 0 saturated heterocycles. The van der Waals surface area contributed by atoms with Crippen LogP contribution in [0.4, 0.5) is 5.69 Å². The fraction of sp³-hybridized carbons (Fsp3) is 0.235. The van der Waals surface area contributed by atoms with Crippen molar-refractivity contribution < 1.29 is 9.21 Å². The van der Waals surface area contributed by atoms with Crippen LogP contribution in [0.15, 0.2) is 47.4 Å². The van der Waals surface area contributed by atoms with Crippen LogP contribution < -0.4 is 5.32 Å². The summed E-state index contributed by atoms with van der Waals surface area (Å²) in [5, 5.41) is 6.96. The molecule has 2 aromatic heterocycles. The smallest absolute Gasteiger partial charge is 0.291 e. The van der Waals surface area contributed by atoms with Crippen LogP contribution in [0.3, 0.4) is 0 Å². The second-order valence-corrected chi connectivity index (χ2v) is 5.33. The Bertz CT molecular complexity index is 806. The van der Waals surface area contributed by atoms with Gasteiger partial charge in [-0.05, 0) is 30.7 Å². The van der Waals surface area contributed by atoms with E-state index in [2.05, 4.69) is 15.4 Å². The number of rotatable bonds is 5. The second-order valence-electron chi connectivity index (χ2n) is 5.33. The number of furan rings is 1. The van der Waals surface area contributed by atoms with Crippen molar-refractivity contribution in [2.75, 3.05) is 5.32 Å². The predicted octanol–water partition coefficient (Wildman–Crippen LogP) is 3.04. The average molecular weight is 310 g/mol. The molecule has 0 atom stereocenters. The highest BCUT2D eigenvalue weighted by atomic mass is 16.4. The SMILES string of the molecule is CCc1cc(C)c(C(=O)Nc2cccc(Cn3cncn3)c2)o1. The molecule has 1 N–H and O–H groups in total. The van der Waals surface area contributed by atoms with Gasteiger partial charge in [-0.15, -0.1) is 0 Å². The zero-order valence-electron chi connectivity index (χ0n) is 13.1. The molecule has 0 bridgehead atoms. The van der Waals surface area contributed by atoms with Gasteiger partial charge in [-0.2, -0.15) is 5.10 Å². The first-order valence-electron chi connectivity index (χ1n) is 7.47. The van der Waals surface area contributed by atoms with Gasteiger partial charge in [-0.3, -0.25) is 4.79 Å². The summed E-state index contributed by atoms with van der Waals surface area (Å²) >= 11 is 0. The molecule has 3 rings (SSSR count). The second kappa shape index (κ2) is 6.48. The van der Waals surface area contributed by atoms with Crippen molar-refractivity contribution in [3.05, 3.63) is 65.6 Å². The van der Waals surface area contributed by atoms with E-state index in [9.17, 15) is 4.79 Å². The lowest BCUT2D eigenvalue weighted by atomic mass is 10.2. The molecule has 6 heteroatoms. The van der Waals surface area contributed by atoms with Crippen LogP contribution in [0.5, 0.6) is 0 Å². The third-order valence-corrected chi connectivity index (χ3v) is 3.52. The Hall–Kier alpha value is -2.89. The zero-order valence-corrected chi connectivity index (χ0v) is 13.1. The van der Waals surface area contributed by atoms with E-state index in [1.165, 1.54) is 6.33 Å². The van der Waals surface area contributed by atoms with Crippen LogP contribution in [0.25, 0.3) is 0 Å². The summed E-state index contributed by atoms with van der Waals surface area (Å²) in [5.74, 6) is 0.941. The number of aromatic nitrogens is 3. The van der Waals surface area contributed by atoms with E-state index in [0.29, 0.717) is 12.3 Å². The van der Waals surface area contributed by atoms with Crippen LogP contribution in [0, 0.1) is 6.92 Å². The quantitative estimate of drug-likeness (QED) is 0.786. The van der Waals surface area contributed by atoms with Gasteiger partial charge < -0.3 is 9.73 Å². The maximum absolute atomic E-state index is 12.4. The topological polar surface area (TPSA) is 73.0 Å². The van der Waals surface area contributed by atoms with Gasteiger partial charge in [0.1, 0.15) is 18.4 Å². The Balaban J connectivity index is 1.74. The number of nitrogens with zero attached hydrogens (tertiary/aromatic N) is 3. The highest BCUT2D eigenvalue weighted by molar-refractivity contribution is 6.03. The van der Waals surface area contributed by atoms with Crippen molar-refractivity contribution in [3.63, 3.8) is 0 Å². The Labute approximate surface area is 134 Å². The highest BCUT2D eigenvalue weighted by Crippen LogP contribution is 2.18. The molecule has 1 aromatic carbocycles. The average Bonchev–Trinajstić information content (AvgIpc) is 3.17. The fourth-order valence-electron chi connectivity index (χ4n) is 2.38. The van der Waals surface area contributed by atoms with Gasteiger partial charge in [-0.1, -0.05) is 19.1 Å². The Morgan fingerprint density at radius 1 is 1.35 bits per heavy atom. The largest absolute Gasteiger partial charge is 0.456 e. The number of carbonyl (C=O) groups is 1. The number of anilines is 1. The first-order chi connectivity index (χ1) is 11.2. The van der Waals surface area contributed by atoms with E-state index in [0.717, 1.165) is 29.0 Å². The normalized spacial score (nSPS) is 10.7. The number of amides is 1. The number of hydrogen-bond acceptors (Lipinski definition) is 4. The van der Waals surface area contributed by atoms with Gasteiger partial charge in [0, 0.05) is 17.7 Å². The van der Waals surface area contributed by atoms with Gasteiger partial charge in [0.15, 0.2) is 5.76 Å². The maximum Gasteiger partial charge on any atom is 0.291 e. The van der Waals surface area contributed by atoms with Gasteiger partial charge in [0.25, 0.3) is 5.91 Å². The van der Waals surface area contributed by atoms with Crippen LogP contribution in [-0.4, -0.2) is 20.7 Å². The summed E-state index contributed by atoms with van der Waals surface area (Å²) in [5.41, 5.74) is 2.60. The minimum Gasteiger partial charge on any atom is -0.456 e. The summed E-state index contributed by atoms with van der Waals surface area (Å²) < 4.78 is 7.31. The molecule has 0 aliphatic heterocycles. The summed E-state index contributed by atoms with van der Waals surface area (Å²) in [7, 11) is 0. The number of hydrogen-bond donors (Lipinski definition) is 1. The van der Waals surface area contributed by atoms with Gasteiger partial charge in [0.2, 0.25) is 0 Å². The molecule has 6 nitrogen and oxygen atoms in total. The van der Waals surface area contributed by atoms with E-state index < -0.39 is 0 Å². The summed E-state index contributed by atoms with van der Waals surface area (Å²) in [6.45, 7) is 4.47. The molecule has 0 aliphatic carbocycles. The minimum absolute atomic E-state index is 0.236. The van der Waals surface area contributed by atoms with Gasteiger partial charge in [-0.25, -0.2) is 9.67 Å². The lowest BCUT2D eigenvalue weighted by Gasteiger charge is -2.07. The number of benzene rings is 1. The molecule has 1 amide bonds. The van der Waals surface area contributed by atoms with E-state index >= 15 is 0 Å². The monoisotopic (exact) mass is 310 g/mol. The van der Waals surface area contributed by atoms with Crippen molar-refractivity contribution in [2.45, 2.75) is 26.8 Å². The highest BCUT2D eigenvalue weighted by Gasteiger charge is 2.15. The van der Waals surface area contributed by atoms with E-state index in [4.69, 9.17) is 4.42 Å². The van der Waals surface area contributed by atoms with Gasteiger partial charge in [0.05, 0.1) is 6.54 Å². The number of aryl methyl sites for hydroxylation is 2. The Kier molecular flexibility index (Phi) is 4.23. The molecule has 3 aromatic rings. The molecule has 23 heavy (non-hydrogen) atoms. The van der Waals surface area contributed by atoms with Crippen LogP contribution in [-0.2, 0) is 13.0 Å². The first kappa shape index (κ1) is 15.0. The summed E-state index contributed by atoms with van der Waals surface area (Å²) in [4.78, 5) is 16.3. The molecule has 2 heterocycles. The molecule has 0 fully saturated rings. The van der Waals surface area contributed by atoms with E-state index in [-0.39, 0.29) is 5.91 Å². The fourth-order valence-corrected chi connectivity index (χ4v) is 2.38. The Morgan fingerprint density at radius 3 is 2.91 bits per heavy atom. The van der Waals surface area contributed by atoms with Crippen molar-refractivity contribution >= 4 is 11.6 Å². The third-order valence-electron chi connectivity index (χ3n) is 3.52.